The lowest BCUT2D eigenvalue weighted by Crippen LogP contribution is -2.60. The van der Waals surface area contributed by atoms with Gasteiger partial charge in [0.2, 0.25) is 0 Å². The van der Waals surface area contributed by atoms with E-state index in [0.717, 1.165) is 56.0 Å². The van der Waals surface area contributed by atoms with Crippen LogP contribution in [-0.2, 0) is 16.0 Å². The highest BCUT2D eigenvalue weighted by Crippen LogP contribution is 2.39. The minimum Gasteiger partial charge on any atom is -0.383 e. The van der Waals surface area contributed by atoms with E-state index < -0.39 is 0 Å². The summed E-state index contributed by atoms with van der Waals surface area (Å²) in [5.41, 5.74) is 4.17. The van der Waals surface area contributed by atoms with Crippen LogP contribution in [0.15, 0.2) is 30.6 Å². The Labute approximate surface area is 184 Å². The van der Waals surface area contributed by atoms with Gasteiger partial charge >= 0.3 is 0 Å². The molecule has 2 fully saturated rings. The molecule has 1 amide bonds. The molecule has 0 bridgehead atoms. The molecule has 2 aromatic rings. The van der Waals surface area contributed by atoms with Crippen LogP contribution in [0.2, 0.25) is 0 Å². The Balaban J connectivity index is 1.39. The zero-order valence-corrected chi connectivity index (χ0v) is 19.1. The van der Waals surface area contributed by atoms with Gasteiger partial charge in [0, 0.05) is 70.2 Å². The highest BCUT2D eigenvalue weighted by atomic mass is 16.5. The smallest absolute Gasteiger partial charge is 0.255 e. The molecule has 31 heavy (non-hydrogen) atoms. The number of carbonyl (C=O) groups excluding carboxylic acids is 1. The van der Waals surface area contributed by atoms with E-state index in [1.165, 1.54) is 5.56 Å². The van der Waals surface area contributed by atoms with Gasteiger partial charge in [0.25, 0.3) is 5.91 Å². The lowest BCUT2D eigenvalue weighted by molar-refractivity contribution is -0.115. The molecule has 2 aromatic heterocycles. The number of nitrogens with zero attached hydrogens (tertiary/aromatic N) is 4. The Bertz CT molecular complexity index is 890. The van der Waals surface area contributed by atoms with Crippen molar-refractivity contribution in [3.63, 3.8) is 0 Å². The van der Waals surface area contributed by atoms with Gasteiger partial charge in [-0.2, -0.15) is 0 Å². The number of methoxy groups -OCH3 is 2. The van der Waals surface area contributed by atoms with E-state index in [4.69, 9.17) is 9.47 Å². The van der Waals surface area contributed by atoms with Crippen LogP contribution in [0, 0.1) is 13.8 Å². The van der Waals surface area contributed by atoms with Gasteiger partial charge in [0.1, 0.15) is 0 Å². The van der Waals surface area contributed by atoms with Crippen molar-refractivity contribution in [1.29, 1.82) is 0 Å². The number of pyridine rings is 1. The molecular weight excluding hydrogens is 392 g/mol. The first-order valence-electron chi connectivity index (χ1n) is 11.2. The van der Waals surface area contributed by atoms with Crippen molar-refractivity contribution in [2.24, 2.45) is 0 Å². The van der Waals surface area contributed by atoms with E-state index in [1.807, 2.05) is 36.4 Å². The SMILES string of the molecule is COCCn1c(C)cc(C(=O)N2CCC(N3C[C@H](OC)[C@@H]3c3cccnc3)CC2)c1C. The summed E-state index contributed by atoms with van der Waals surface area (Å²) in [5.74, 6) is 0.150. The first-order chi connectivity index (χ1) is 15.0. The third-order valence-electron chi connectivity index (χ3n) is 6.97. The van der Waals surface area contributed by atoms with Crippen LogP contribution in [0.5, 0.6) is 0 Å². The van der Waals surface area contributed by atoms with Gasteiger partial charge in [0.15, 0.2) is 0 Å². The van der Waals surface area contributed by atoms with E-state index in [2.05, 4.69) is 27.4 Å². The number of ether oxygens (including phenoxy) is 2. The van der Waals surface area contributed by atoms with E-state index in [-0.39, 0.29) is 18.1 Å². The van der Waals surface area contributed by atoms with Gasteiger partial charge in [-0.15, -0.1) is 0 Å². The summed E-state index contributed by atoms with van der Waals surface area (Å²) in [4.78, 5) is 22.1. The predicted octanol–water partition coefficient (Wildman–Crippen LogP) is 2.82. The number of likely N-dealkylation sites (tertiary alicyclic amines) is 2. The second-order valence-corrected chi connectivity index (χ2v) is 8.65. The van der Waals surface area contributed by atoms with Crippen LogP contribution < -0.4 is 0 Å². The summed E-state index contributed by atoms with van der Waals surface area (Å²) in [6, 6.07) is 6.87. The predicted molar refractivity (Wildman–Crippen MR) is 119 cm³/mol. The first-order valence-corrected chi connectivity index (χ1v) is 11.2. The van der Waals surface area contributed by atoms with Crippen LogP contribution in [-0.4, -0.2) is 77.9 Å². The average molecular weight is 427 g/mol. The van der Waals surface area contributed by atoms with Crippen LogP contribution in [0.1, 0.15) is 46.2 Å². The molecule has 2 saturated heterocycles. The normalized spacial score (nSPS) is 22.5. The van der Waals surface area contributed by atoms with Crippen molar-refractivity contribution in [2.75, 3.05) is 40.5 Å². The molecule has 0 aromatic carbocycles. The zero-order chi connectivity index (χ0) is 22.0. The van der Waals surface area contributed by atoms with Gasteiger partial charge < -0.3 is 18.9 Å². The van der Waals surface area contributed by atoms with Crippen molar-refractivity contribution in [3.8, 4) is 0 Å². The fourth-order valence-electron chi connectivity index (χ4n) is 5.15. The second-order valence-electron chi connectivity index (χ2n) is 8.65. The van der Waals surface area contributed by atoms with E-state index >= 15 is 0 Å². The molecule has 2 aliphatic rings. The number of piperidine rings is 1. The highest BCUT2D eigenvalue weighted by Gasteiger charge is 2.44. The van der Waals surface area contributed by atoms with Crippen LogP contribution in [0.3, 0.4) is 0 Å². The summed E-state index contributed by atoms with van der Waals surface area (Å²) in [5, 5.41) is 0. The molecule has 4 rings (SSSR count). The van der Waals surface area contributed by atoms with Gasteiger partial charge in [-0.1, -0.05) is 6.07 Å². The third kappa shape index (κ3) is 4.27. The molecule has 0 saturated carbocycles. The Morgan fingerprint density at radius 1 is 1.23 bits per heavy atom. The zero-order valence-electron chi connectivity index (χ0n) is 19.1. The maximum absolute atomic E-state index is 13.2. The van der Waals surface area contributed by atoms with E-state index in [0.29, 0.717) is 12.6 Å². The lowest BCUT2D eigenvalue weighted by Gasteiger charge is -2.52. The second kappa shape index (κ2) is 9.51. The molecule has 0 aliphatic carbocycles. The van der Waals surface area contributed by atoms with E-state index in [9.17, 15) is 4.79 Å². The molecule has 7 heteroatoms. The number of rotatable bonds is 7. The largest absolute Gasteiger partial charge is 0.383 e. The lowest BCUT2D eigenvalue weighted by atomic mass is 9.87. The van der Waals surface area contributed by atoms with Crippen LogP contribution in [0.25, 0.3) is 0 Å². The highest BCUT2D eigenvalue weighted by molar-refractivity contribution is 5.95. The number of aryl methyl sites for hydroxylation is 1. The monoisotopic (exact) mass is 426 g/mol. The number of hydrogen-bond donors (Lipinski definition) is 0. The molecule has 0 unspecified atom stereocenters. The molecule has 2 atom stereocenters. The van der Waals surface area contributed by atoms with Gasteiger partial charge in [-0.25, -0.2) is 0 Å². The van der Waals surface area contributed by atoms with Crippen molar-refractivity contribution in [3.05, 3.63) is 53.1 Å². The molecule has 4 heterocycles. The maximum atomic E-state index is 13.2. The molecule has 2 aliphatic heterocycles. The summed E-state index contributed by atoms with van der Waals surface area (Å²) in [6.07, 6.45) is 5.94. The molecule has 0 N–H and O–H groups in total. The number of amides is 1. The van der Waals surface area contributed by atoms with Crippen molar-refractivity contribution >= 4 is 5.91 Å². The molecule has 168 valence electrons. The minimum atomic E-state index is 0.150. The van der Waals surface area contributed by atoms with Gasteiger partial charge in [0.05, 0.1) is 24.3 Å². The van der Waals surface area contributed by atoms with Crippen molar-refractivity contribution in [1.82, 2.24) is 19.4 Å². The van der Waals surface area contributed by atoms with Crippen molar-refractivity contribution in [2.45, 2.75) is 51.4 Å². The average Bonchev–Trinajstić information content (AvgIpc) is 3.06. The topological polar surface area (TPSA) is 59.8 Å². The number of carbonyl (C=O) groups is 1. The Morgan fingerprint density at radius 3 is 2.65 bits per heavy atom. The summed E-state index contributed by atoms with van der Waals surface area (Å²) in [7, 11) is 3.49. The van der Waals surface area contributed by atoms with Crippen LogP contribution >= 0.6 is 0 Å². The minimum absolute atomic E-state index is 0.150. The van der Waals surface area contributed by atoms with E-state index in [1.54, 1.807) is 14.2 Å². The third-order valence-corrected chi connectivity index (χ3v) is 6.97. The number of aromatic nitrogens is 2. The summed E-state index contributed by atoms with van der Waals surface area (Å²) < 4.78 is 13.1. The van der Waals surface area contributed by atoms with Crippen LogP contribution in [0.4, 0.5) is 0 Å². The first kappa shape index (κ1) is 22.0. The Kier molecular flexibility index (Phi) is 6.74. The summed E-state index contributed by atoms with van der Waals surface area (Å²) in [6.45, 7) is 8.03. The Morgan fingerprint density at radius 2 is 2.00 bits per heavy atom. The Hall–Kier alpha value is -2.22. The molecule has 7 nitrogen and oxygen atoms in total. The standard InChI is InChI=1S/C24H34N4O3/c1-17-14-21(18(2)27(17)12-13-30-3)24(29)26-10-7-20(8-11-26)28-16-22(31-4)23(28)19-6-5-9-25-15-19/h5-6,9,14-15,20,22-23H,7-8,10-13,16H2,1-4H3/t22-,23-/m0/s1. The maximum Gasteiger partial charge on any atom is 0.255 e. The fraction of sp³-hybridized carbons (Fsp3) is 0.583. The van der Waals surface area contributed by atoms with Gasteiger partial charge in [-0.3, -0.25) is 14.7 Å². The van der Waals surface area contributed by atoms with Gasteiger partial charge in [-0.05, 0) is 44.4 Å². The molecule has 0 spiro atoms. The molecular formula is C24H34N4O3. The quantitative estimate of drug-likeness (QED) is 0.681. The summed E-state index contributed by atoms with van der Waals surface area (Å²) >= 11 is 0. The molecule has 0 radical (unpaired) electrons. The van der Waals surface area contributed by atoms with Crippen molar-refractivity contribution < 1.29 is 14.3 Å². The number of hydrogen-bond acceptors (Lipinski definition) is 5. The fourth-order valence-corrected chi connectivity index (χ4v) is 5.15.